The number of hydrogen-bond donors (Lipinski definition) is 9. The van der Waals surface area contributed by atoms with Gasteiger partial charge in [-0.3, -0.25) is 4.79 Å². The molecule has 0 spiro atoms. The molecule has 0 aromatic carbocycles. The van der Waals surface area contributed by atoms with Gasteiger partial charge in [-0.2, -0.15) is 0 Å². The molecule has 0 aliphatic carbocycles. The number of allylic oxidation sites excluding steroid dienone is 27. The first kappa shape index (κ1) is 87.4. The van der Waals surface area contributed by atoms with Gasteiger partial charge in [-0.15, -0.1) is 0 Å². The normalized spacial score (nSPS) is 23.3. The van der Waals surface area contributed by atoms with Crippen molar-refractivity contribution in [3.8, 4) is 0 Å². The van der Waals surface area contributed by atoms with E-state index in [1.807, 2.05) is 6.08 Å². The van der Waals surface area contributed by atoms with Crippen LogP contribution in [-0.4, -0.2) is 140 Å². The molecule has 2 rings (SSSR count). The minimum atomic E-state index is -1.81. The van der Waals surface area contributed by atoms with Crippen molar-refractivity contribution in [3.63, 3.8) is 0 Å². The Morgan fingerprint density at radius 2 is 0.729 bits per heavy atom. The Morgan fingerprint density at radius 3 is 1.15 bits per heavy atom. The number of aliphatic hydroxyl groups excluding tert-OH is 8. The highest BCUT2D eigenvalue weighted by atomic mass is 16.7. The van der Waals surface area contributed by atoms with E-state index >= 15 is 0 Å². The lowest BCUT2D eigenvalue weighted by Crippen LogP contribution is -2.65. The zero-order chi connectivity index (χ0) is 69.4. The lowest BCUT2D eigenvalue weighted by molar-refractivity contribution is -0.359. The number of amides is 1. The third kappa shape index (κ3) is 46.6. The van der Waals surface area contributed by atoms with E-state index in [9.17, 15) is 45.6 Å². The topological polar surface area (TPSA) is 228 Å². The molecule has 96 heavy (non-hydrogen) atoms. The van der Waals surface area contributed by atoms with E-state index in [1.54, 1.807) is 6.08 Å². The van der Waals surface area contributed by atoms with Crippen LogP contribution in [0.15, 0.2) is 170 Å². The third-order valence-electron chi connectivity index (χ3n) is 16.9. The smallest absolute Gasteiger partial charge is 0.220 e. The maximum atomic E-state index is 13.3. The lowest BCUT2D eigenvalue weighted by Gasteiger charge is -2.46. The minimum Gasteiger partial charge on any atom is -0.394 e. The van der Waals surface area contributed by atoms with Gasteiger partial charge in [0, 0.05) is 6.42 Å². The van der Waals surface area contributed by atoms with Crippen LogP contribution in [0.2, 0.25) is 0 Å². The largest absolute Gasteiger partial charge is 0.394 e. The van der Waals surface area contributed by atoms with Gasteiger partial charge in [-0.1, -0.05) is 280 Å². The van der Waals surface area contributed by atoms with E-state index < -0.39 is 86.8 Å². The van der Waals surface area contributed by atoms with Gasteiger partial charge in [-0.25, -0.2) is 0 Å². The van der Waals surface area contributed by atoms with Crippen LogP contribution in [0.1, 0.15) is 245 Å². The molecule has 0 aromatic heterocycles. The highest BCUT2D eigenvalue weighted by molar-refractivity contribution is 5.76. The zero-order valence-electron chi connectivity index (χ0n) is 59.3. The van der Waals surface area contributed by atoms with Crippen molar-refractivity contribution in [3.05, 3.63) is 170 Å². The summed E-state index contributed by atoms with van der Waals surface area (Å²) in [5.41, 5.74) is 0. The molecule has 14 heteroatoms. The fourth-order valence-electron chi connectivity index (χ4n) is 11.0. The summed E-state index contributed by atoms with van der Waals surface area (Å²) in [5, 5.41) is 87.5. The van der Waals surface area contributed by atoms with E-state index in [1.165, 1.54) is 96.3 Å². The lowest BCUT2D eigenvalue weighted by atomic mass is 9.97. The van der Waals surface area contributed by atoms with Crippen LogP contribution < -0.4 is 5.32 Å². The van der Waals surface area contributed by atoms with Gasteiger partial charge in [0.15, 0.2) is 12.6 Å². The Kier molecular flexibility index (Phi) is 58.1. The first-order chi connectivity index (χ1) is 47.1. The number of hydrogen-bond acceptors (Lipinski definition) is 13. The van der Waals surface area contributed by atoms with Crippen molar-refractivity contribution >= 4 is 5.91 Å². The van der Waals surface area contributed by atoms with Crippen molar-refractivity contribution in [1.29, 1.82) is 0 Å². The van der Waals surface area contributed by atoms with Crippen LogP contribution in [0.5, 0.6) is 0 Å². The van der Waals surface area contributed by atoms with Gasteiger partial charge < -0.3 is 65.1 Å². The summed E-state index contributed by atoms with van der Waals surface area (Å²) in [5.74, 6) is -0.291. The second-order valence-electron chi connectivity index (χ2n) is 25.3. The summed E-state index contributed by atoms with van der Waals surface area (Å²) in [4.78, 5) is 13.3. The SMILES string of the molecule is CC/C=C\C/C=C\C/C=C\C/C=C\C/C=C\C/C=C\C/C=C\C/C=C\C/C=C\C/C=C\C/C=C\CCCCCC(=O)NC(COC1OC(CO)C(OC2OC(CO)C(O)C(O)C2O)C(O)C1O)C(O)/C=C/CC/C=C/CC/C=C/CCCCCCCCCCCCCCCCC. The van der Waals surface area contributed by atoms with Gasteiger partial charge >= 0.3 is 0 Å². The highest BCUT2D eigenvalue weighted by Crippen LogP contribution is 2.30. The molecule has 2 saturated heterocycles. The molecule has 0 aromatic rings. The van der Waals surface area contributed by atoms with Crippen LogP contribution in [0, 0.1) is 0 Å². The maximum absolute atomic E-state index is 13.3. The van der Waals surface area contributed by atoms with Crippen molar-refractivity contribution < 1.29 is 64.6 Å². The third-order valence-corrected chi connectivity index (χ3v) is 16.9. The highest BCUT2D eigenvalue weighted by Gasteiger charge is 2.51. The number of unbranched alkanes of at least 4 members (excludes halogenated alkanes) is 20. The maximum Gasteiger partial charge on any atom is 0.220 e. The number of nitrogens with one attached hydrogen (secondary N) is 1. The molecule has 9 N–H and O–H groups in total. The van der Waals surface area contributed by atoms with Gasteiger partial charge in [0.05, 0.1) is 32.0 Å². The van der Waals surface area contributed by atoms with E-state index in [2.05, 4.69) is 177 Å². The molecule has 12 atom stereocenters. The van der Waals surface area contributed by atoms with E-state index in [0.717, 1.165) is 116 Å². The average Bonchev–Trinajstić information content (AvgIpc) is 0.857. The van der Waals surface area contributed by atoms with E-state index in [-0.39, 0.29) is 18.9 Å². The first-order valence-electron chi connectivity index (χ1n) is 37.4. The van der Waals surface area contributed by atoms with Crippen LogP contribution in [0.4, 0.5) is 0 Å². The first-order valence-corrected chi connectivity index (χ1v) is 37.4. The molecule has 2 fully saturated rings. The number of rotatable bonds is 59. The van der Waals surface area contributed by atoms with Crippen LogP contribution in [0.3, 0.4) is 0 Å². The summed E-state index contributed by atoms with van der Waals surface area (Å²) in [6.07, 6.45) is 82.7. The monoisotopic (exact) mass is 1340 g/mol. The molecule has 0 saturated carbocycles. The van der Waals surface area contributed by atoms with Gasteiger partial charge in [0.2, 0.25) is 5.91 Å². The quantitative estimate of drug-likeness (QED) is 0.0204. The van der Waals surface area contributed by atoms with Crippen molar-refractivity contribution in [2.24, 2.45) is 0 Å². The van der Waals surface area contributed by atoms with E-state index in [0.29, 0.717) is 12.8 Å². The molecule has 0 radical (unpaired) electrons. The molecule has 2 aliphatic rings. The second-order valence-corrected chi connectivity index (χ2v) is 25.3. The molecular weight excluding hydrogens is 1210 g/mol. The predicted octanol–water partition coefficient (Wildman–Crippen LogP) is 16.3. The van der Waals surface area contributed by atoms with Crippen molar-refractivity contribution in [2.45, 2.75) is 319 Å². The summed E-state index contributed by atoms with van der Waals surface area (Å²) < 4.78 is 22.8. The molecule has 1 amide bonds. The summed E-state index contributed by atoms with van der Waals surface area (Å²) >= 11 is 0. The van der Waals surface area contributed by atoms with Gasteiger partial charge in [0.25, 0.3) is 0 Å². The molecule has 544 valence electrons. The Bertz CT molecular complexity index is 2270. The number of carbonyl (C=O) groups is 1. The number of aliphatic hydroxyl groups is 8. The molecule has 0 bridgehead atoms. The summed E-state index contributed by atoms with van der Waals surface area (Å²) in [7, 11) is 0. The molecule has 12 unspecified atom stereocenters. The standard InChI is InChI=1S/C82H133NO13/c1-3-5-7-9-11-13-15-17-19-21-23-25-27-29-30-31-32-33-34-35-36-37-38-39-40-42-44-46-48-50-52-54-56-58-60-62-64-66-74(87)83-70(69-93-81-79(92)77(90)80(73(68-85)95-81)96-82-78(91)76(89)75(88)72(67-84)94-82)71(86)65-63-61-59-57-55-53-51-49-47-45-43-41-28-26-24-22-20-18-16-14-12-10-8-6-4-2/h5,7,11,13,17,19,23,25,29-30,32-33,35-36,38-39,42,44,47-50,54-57,63,65,70-73,75-82,84-86,88-92H,3-4,6,8-10,12,14-16,18,20-22,24,26-28,31,34,37,40-41,43,45-46,51-53,58-62,64,66-69H2,1-2H3,(H,83,87)/b7-5-,13-11-,19-17-,25-23-,30-29-,33-32-,36-35-,39-38-,44-42-,49-47+,50-48-,56-54-,57-55+,65-63+. The molecule has 14 nitrogen and oxygen atoms in total. The number of ether oxygens (including phenoxy) is 4. The van der Waals surface area contributed by atoms with Gasteiger partial charge in [-0.05, 0) is 128 Å². The average molecular weight is 1340 g/mol. The summed E-state index contributed by atoms with van der Waals surface area (Å²) in [6, 6.07) is -0.971. The predicted molar refractivity (Wildman–Crippen MR) is 396 cm³/mol. The van der Waals surface area contributed by atoms with E-state index in [4.69, 9.17) is 18.9 Å². The van der Waals surface area contributed by atoms with Gasteiger partial charge in [0.1, 0.15) is 48.8 Å². The zero-order valence-corrected chi connectivity index (χ0v) is 59.3. The fraction of sp³-hybridized carbons (Fsp3) is 0.646. The molecular formula is C82H133NO13. The summed E-state index contributed by atoms with van der Waals surface area (Å²) in [6.45, 7) is 2.64. The van der Waals surface area contributed by atoms with Crippen molar-refractivity contribution in [2.75, 3.05) is 19.8 Å². The van der Waals surface area contributed by atoms with Crippen LogP contribution in [0.25, 0.3) is 0 Å². The van der Waals surface area contributed by atoms with Crippen LogP contribution >= 0.6 is 0 Å². The Labute approximate surface area is 581 Å². The Morgan fingerprint density at radius 1 is 0.385 bits per heavy atom. The number of carbonyl (C=O) groups excluding carboxylic acids is 1. The van der Waals surface area contributed by atoms with Crippen LogP contribution in [-0.2, 0) is 23.7 Å². The molecule has 2 aliphatic heterocycles. The Hall–Kier alpha value is -4.65. The van der Waals surface area contributed by atoms with Crippen molar-refractivity contribution in [1.82, 2.24) is 5.32 Å². The second kappa shape index (κ2) is 63.8. The Balaban J connectivity index is 1.71. The minimum absolute atomic E-state index is 0.218. The fourth-order valence-corrected chi connectivity index (χ4v) is 11.0. The molecule has 2 heterocycles.